The van der Waals surface area contributed by atoms with Crippen molar-refractivity contribution in [1.82, 2.24) is 10.2 Å². The van der Waals surface area contributed by atoms with Gasteiger partial charge in [-0.1, -0.05) is 18.2 Å². The number of amides is 2. The number of nitrogens with one attached hydrogen (secondary N) is 2. The Balaban J connectivity index is 1.99. The molecule has 0 radical (unpaired) electrons. The second-order valence-corrected chi connectivity index (χ2v) is 7.09. The number of aryl methyl sites for hydroxylation is 1. The molecule has 0 aliphatic rings. The number of hydrogen-bond acceptors (Lipinski definition) is 4. The van der Waals surface area contributed by atoms with E-state index in [0.29, 0.717) is 5.56 Å². The van der Waals surface area contributed by atoms with E-state index < -0.39 is 17.6 Å². The maximum Gasteiger partial charge on any atom is 0.313 e. The van der Waals surface area contributed by atoms with Gasteiger partial charge in [-0.2, -0.15) is 0 Å². The van der Waals surface area contributed by atoms with Gasteiger partial charge in [0.25, 0.3) is 0 Å². The Hall–Kier alpha value is -2.93. The minimum absolute atomic E-state index is 0.0928. The van der Waals surface area contributed by atoms with Gasteiger partial charge >= 0.3 is 11.8 Å². The summed E-state index contributed by atoms with van der Waals surface area (Å²) in [6.45, 7) is 1.89. The van der Waals surface area contributed by atoms with E-state index in [1.54, 1.807) is 19.1 Å². The fourth-order valence-electron chi connectivity index (χ4n) is 2.72. The highest BCUT2D eigenvalue weighted by molar-refractivity contribution is 6.39. The number of rotatable bonds is 6. The normalized spacial score (nSPS) is 11.8. The van der Waals surface area contributed by atoms with Gasteiger partial charge in [-0.3, -0.25) is 9.59 Å². The van der Waals surface area contributed by atoms with Crippen LogP contribution in [0.4, 0.5) is 15.8 Å². The lowest BCUT2D eigenvalue weighted by atomic mass is 10.1. The molecule has 0 aromatic heterocycles. The van der Waals surface area contributed by atoms with Gasteiger partial charge in [0.15, 0.2) is 0 Å². The molecule has 2 N–H and O–H groups in total. The lowest BCUT2D eigenvalue weighted by molar-refractivity contribution is -0.136. The number of hydrogen-bond donors (Lipinski definition) is 2. The monoisotopic (exact) mass is 386 g/mol. The predicted octanol–water partition coefficient (Wildman–Crippen LogP) is 2.56. The molecule has 0 bridgehead atoms. The summed E-state index contributed by atoms with van der Waals surface area (Å²) in [7, 11) is 7.76. The van der Waals surface area contributed by atoms with E-state index >= 15 is 0 Å². The zero-order valence-corrected chi connectivity index (χ0v) is 16.9. The Morgan fingerprint density at radius 1 is 1.00 bits per heavy atom. The lowest BCUT2D eigenvalue weighted by Crippen LogP contribution is -2.40. The van der Waals surface area contributed by atoms with Crippen LogP contribution in [0.5, 0.6) is 0 Å². The number of carbonyl (C=O) groups is 2. The molecule has 0 fully saturated rings. The van der Waals surface area contributed by atoms with Crippen LogP contribution in [0.1, 0.15) is 17.2 Å². The van der Waals surface area contributed by atoms with Crippen LogP contribution in [0, 0.1) is 12.7 Å². The molecule has 0 spiro atoms. The number of likely N-dealkylation sites (N-methyl/N-ethyl adjacent to an activating group) is 1. The van der Waals surface area contributed by atoms with E-state index in [-0.39, 0.29) is 18.3 Å². The molecule has 2 aromatic carbocycles. The number of halogens is 1. The summed E-state index contributed by atoms with van der Waals surface area (Å²) >= 11 is 0. The van der Waals surface area contributed by atoms with E-state index in [1.807, 2.05) is 62.3 Å². The minimum Gasteiger partial charge on any atom is -0.378 e. The van der Waals surface area contributed by atoms with Crippen molar-refractivity contribution in [2.24, 2.45) is 0 Å². The molecule has 1 atom stereocenters. The number of anilines is 2. The molecular formula is C21H27FN4O2. The Bertz CT molecular complexity index is 835. The summed E-state index contributed by atoms with van der Waals surface area (Å²) in [5.41, 5.74) is 2.81. The zero-order valence-electron chi connectivity index (χ0n) is 16.9. The summed E-state index contributed by atoms with van der Waals surface area (Å²) in [4.78, 5) is 28.2. The van der Waals surface area contributed by atoms with Crippen molar-refractivity contribution in [3.05, 3.63) is 59.4 Å². The van der Waals surface area contributed by atoms with Gasteiger partial charge in [-0.25, -0.2) is 4.39 Å². The Morgan fingerprint density at radius 3 is 2.18 bits per heavy atom. The topological polar surface area (TPSA) is 64.7 Å². The Kier molecular flexibility index (Phi) is 7.12. The molecule has 6 nitrogen and oxygen atoms in total. The summed E-state index contributed by atoms with van der Waals surface area (Å²) in [6.07, 6.45) is 0. The first-order valence-corrected chi connectivity index (χ1v) is 8.98. The quantitative estimate of drug-likeness (QED) is 0.749. The van der Waals surface area contributed by atoms with Crippen LogP contribution in [0.25, 0.3) is 0 Å². The first kappa shape index (κ1) is 21.4. The maximum atomic E-state index is 13.6. The van der Waals surface area contributed by atoms with Crippen LogP contribution in [0.3, 0.4) is 0 Å². The summed E-state index contributed by atoms with van der Waals surface area (Å²) < 4.78 is 13.6. The van der Waals surface area contributed by atoms with Crippen LogP contribution >= 0.6 is 0 Å². The van der Waals surface area contributed by atoms with Gasteiger partial charge < -0.3 is 20.4 Å². The van der Waals surface area contributed by atoms with Gasteiger partial charge in [0.05, 0.1) is 6.04 Å². The summed E-state index contributed by atoms with van der Waals surface area (Å²) in [6, 6.07) is 12.2. The van der Waals surface area contributed by atoms with Gasteiger partial charge in [0, 0.05) is 32.0 Å². The van der Waals surface area contributed by atoms with Crippen molar-refractivity contribution in [1.29, 1.82) is 0 Å². The summed E-state index contributed by atoms with van der Waals surface area (Å²) in [5, 5.41) is 5.06. The van der Waals surface area contributed by atoms with Gasteiger partial charge in [0.2, 0.25) is 0 Å². The average molecular weight is 386 g/mol. The second-order valence-electron chi connectivity index (χ2n) is 7.09. The minimum atomic E-state index is -0.830. The fraction of sp³-hybridized carbons (Fsp3) is 0.333. The van der Waals surface area contributed by atoms with Crippen molar-refractivity contribution in [3.8, 4) is 0 Å². The molecule has 2 amide bonds. The van der Waals surface area contributed by atoms with Crippen molar-refractivity contribution in [3.63, 3.8) is 0 Å². The van der Waals surface area contributed by atoms with E-state index in [4.69, 9.17) is 0 Å². The fourth-order valence-corrected chi connectivity index (χ4v) is 2.72. The van der Waals surface area contributed by atoms with Crippen LogP contribution < -0.4 is 15.5 Å². The second kappa shape index (κ2) is 9.32. The molecule has 0 aliphatic carbocycles. The molecule has 0 heterocycles. The van der Waals surface area contributed by atoms with Gasteiger partial charge in [-0.05, 0) is 56.4 Å². The van der Waals surface area contributed by atoms with Gasteiger partial charge in [0.1, 0.15) is 5.82 Å². The van der Waals surface area contributed by atoms with Gasteiger partial charge in [-0.15, -0.1) is 0 Å². The van der Waals surface area contributed by atoms with Crippen LogP contribution in [0.2, 0.25) is 0 Å². The first-order valence-electron chi connectivity index (χ1n) is 8.98. The van der Waals surface area contributed by atoms with Crippen LogP contribution in [-0.4, -0.2) is 51.4 Å². The van der Waals surface area contributed by atoms with Crippen molar-refractivity contribution in [2.45, 2.75) is 13.0 Å². The molecule has 2 rings (SSSR count). The molecular weight excluding hydrogens is 359 g/mol. The third-order valence-electron chi connectivity index (χ3n) is 4.51. The Labute approximate surface area is 165 Å². The van der Waals surface area contributed by atoms with E-state index in [1.165, 1.54) is 6.07 Å². The van der Waals surface area contributed by atoms with E-state index in [2.05, 4.69) is 10.6 Å². The molecule has 0 aliphatic heterocycles. The Morgan fingerprint density at radius 2 is 1.64 bits per heavy atom. The number of benzene rings is 2. The van der Waals surface area contributed by atoms with E-state index in [0.717, 1.165) is 11.3 Å². The highest BCUT2D eigenvalue weighted by atomic mass is 19.1. The van der Waals surface area contributed by atoms with Crippen LogP contribution in [-0.2, 0) is 9.59 Å². The maximum absolute atomic E-state index is 13.6. The highest BCUT2D eigenvalue weighted by Crippen LogP contribution is 2.21. The first-order chi connectivity index (χ1) is 13.2. The van der Waals surface area contributed by atoms with E-state index in [9.17, 15) is 14.0 Å². The van der Waals surface area contributed by atoms with Crippen molar-refractivity contribution in [2.75, 3.05) is 45.0 Å². The predicted molar refractivity (Wildman–Crippen MR) is 110 cm³/mol. The molecule has 2 aromatic rings. The molecule has 7 heteroatoms. The molecule has 0 unspecified atom stereocenters. The molecule has 150 valence electrons. The largest absolute Gasteiger partial charge is 0.378 e. The lowest BCUT2D eigenvalue weighted by Gasteiger charge is -2.25. The average Bonchev–Trinajstić information content (AvgIpc) is 2.64. The SMILES string of the molecule is Cc1ccc(NC(=O)C(=O)NC[C@H](c2ccc(N(C)C)cc2)N(C)C)cc1F. The molecule has 0 saturated heterocycles. The van der Waals surface area contributed by atoms with Crippen molar-refractivity contribution >= 4 is 23.2 Å². The van der Waals surface area contributed by atoms with Crippen molar-refractivity contribution < 1.29 is 14.0 Å². The summed E-state index contributed by atoms with van der Waals surface area (Å²) in [5.74, 6) is -2.03. The third-order valence-corrected chi connectivity index (χ3v) is 4.51. The highest BCUT2D eigenvalue weighted by Gasteiger charge is 2.19. The third kappa shape index (κ3) is 5.53. The van der Waals surface area contributed by atoms with Crippen LogP contribution in [0.15, 0.2) is 42.5 Å². The molecule has 28 heavy (non-hydrogen) atoms. The standard InChI is InChI=1S/C21H27FN4O2/c1-14-6-9-16(12-18(14)22)24-21(28)20(27)23-13-19(26(4)5)15-7-10-17(11-8-15)25(2)3/h6-12,19H,13H2,1-5H3,(H,23,27)(H,24,28)/t19-/m1/s1. The zero-order chi connectivity index (χ0) is 20.8. The number of carbonyl (C=O) groups excluding carboxylic acids is 2. The molecule has 0 saturated carbocycles. The number of nitrogens with zero attached hydrogens (tertiary/aromatic N) is 2. The smallest absolute Gasteiger partial charge is 0.313 e.